The summed E-state index contributed by atoms with van der Waals surface area (Å²) in [6.45, 7) is 4.30. The van der Waals surface area contributed by atoms with E-state index in [1.165, 1.54) is 4.68 Å². The number of H-pyrrole nitrogens is 1. The van der Waals surface area contributed by atoms with Crippen LogP contribution in [-0.4, -0.2) is 21.9 Å². The van der Waals surface area contributed by atoms with Crippen LogP contribution < -0.4 is 15.7 Å². The smallest absolute Gasteiger partial charge is 0.343 e. The summed E-state index contributed by atoms with van der Waals surface area (Å²) in [5.74, 6) is 1.40. The Hall–Kier alpha value is -2.24. The lowest BCUT2D eigenvalue weighted by molar-refractivity contribution is 0.415. The van der Waals surface area contributed by atoms with Crippen LogP contribution in [-0.2, 0) is 6.54 Å². The number of hydrogen-bond donors (Lipinski definition) is 2. The first kappa shape index (κ1) is 13.2. The largest absolute Gasteiger partial charge is 0.497 e. The number of ether oxygens (including phenoxy) is 1. The van der Waals surface area contributed by atoms with E-state index in [0.29, 0.717) is 12.4 Å². The van der Waals surface area contributed by atoms with Crippen molar-refractivity contribution in [2.45, 2.75) is 26.4 Å². The van der Waals surface area contributed by atoms with Crippen molar-refractivity contribution in [1.29, 1.82) is 0 Å². The Morgan fingerprint density at radius 1 is 1.47 bits per heavy atom. The molecule has 1 aromatic carbocycles. The summed E-state index contributed by atoms with van der Waals surface area (Å²) >= 11 is 0. The molecule has 0 saturated carbocycles. The Kier molecular flexibility index (Phi) is 3.89. The third-order valence-electron chi connectivity index (χ3n) is 2.71. The number of methoxy groups -OCH3 is 1. The molecule has 0 spiro atoms. The minimum atomic E-state index is -0.183. The number of anilines is 1. The van der Waals surface area contributed by atoms with E-state index in [1.54, 1.807) is 7.11 Å². The molecule has 1 aromatic heterocycles. The lowest BCUT2D eigenvalue weighted by Crippen LogP contribution is -2.19. The number of nitrogens with one attached hydrogen (secondary N) is 2. The van der Waals surface area contributed by atoms with Gasteiger partial charge in [-0.15, -0.1) is 0 Å². The van der Waals surface area contributed by atoms with Gasteiger partial charge in [-0.2, -0.15) is 5.10 Å². The van der Waals surface area contributed by atoms with Gasteiger partial charge in [0.2, 0.25) is 0 Å². The summed E-state index contributed by atoms with van der Waals surface area (Å²) in [5.41, 5.74) is 0.733. The molecule has 0 aliphatic rings. The lowest BCUT2D eigenvalue weighted by atomic mass is 10.3. The molecule has 0 atom stereocenters. The van der Waals surface area contributed by atoms with Gasteiger partial charge in [0.15, 0.2) is 0 Å². The molecule has 2 aromatic rings. The molecule has 0 aliphatic heterocycles. The molecule has 0 bridgehead atoms. The standard InChI is InChI=1S/C13H18N4O2/c1-9(2)17-13(18)15-12(16-17)8-14-10-5-4-6-11(7-10)19-3/h4-7,9,14H,8H2,1-3H3,(H,15,16,18). The highest BCUT2D eigenvalue weighted by Crippen LogP contribution is 2.16. The van der Waals surface area contributed by atoms with Crippen LogP contribution in [0.3, 0.4) is 0 Å². The summed E-state index contributed by atoms with van der Waals surface area (Å²) in [5, 5.41) is 7.41. The molecule has 0 amide bonds. The minimum absolute atomic E-state index is 0.0503. The van der Waals surface area contributed by atoms with Gasteiger partial charge in [0.1, 0.15) is 11.6 Å². The molecule has 19 heavy (non-hydrogen) atoms. The van der Waals surface area contributed by atoms with Gasteiger partial charge in [0.25, 0.3) is 0 Å². The van der Waals surface area contributed by atoms with Crippen molar-refractivity contribution in [3.05, 3.63) is 40.6 Å². The Morgan fingerprint density at radius 2 is 2.26 bits per heavy atom. The summed E-state index contributed by atoms with van der Waals surface area (Å²) in [7, 11) is 1.63. The van der Waals surface area contributed by atoms with E-state index < -0.39 is 0 Å². The Labute approximate surface area is 111 Å². The molecule has 0 unspecified atom stereocenters. The summed E-state index contributed by atoms with van der Waals surface area (Å²) in [4.78, 5) is 14.3. The number of benzene rings is 1. The zero-order valence-corrected chi connectivity index (χ0v) is 11.3. The van der Waals surface area contributed by atoms with Gasteiger partial charge in [-0.05, 0) is 26.0 Å². The van der Waals surface area contributed by atoms with Gasteiger partial charge in [0, 0.05) is 11.8 Å². The minimum Gasteiger partial charge on any atom is -0.497 e. The van der Waals surface area contributed by atoms with Gasteiger partial charge in [-0.25, -0.2) is 9.48 Å². The third-order valence-corrected chi connectivity index (χ3v) is 2.71. The molecular weight excluding hydrogens is 244 g/mol. The summed E-state index contributed by atoms with van der Waals surface area (Å²) in [6.07, 6.45) is 0. The SMILES string of the molecule is COc1cccc(NCc2nn(C(C)C)c(=O)[nH]2)c1. The number of aromatic nitrogens is 3. The molecule has 6 heteroatoms. The average Bonchev–Trinajstić information content (AvgIpc) is 2.78. The first-order valence-corrected chi connectivity index (χ1v) is 6.16. The van der Waals surface area contributed by atoms with Crippen LogP contribution in [0.25, 0.3) is 0 Å². The predicted molar refractivity (Wildman–Crippen MR) is 73.6 cm³/mol. The van der Waals surface area contributed by atoms with E-state index in [9.17, 15) is 4.79 Å². The van der Waals surface area contributed by atoms with E-state index in [1.807, 2.05) is 38.1 Å². The Balaban J connectivity index is 2.06. The maximum Gasteiger partial charge on any atom is 0.343 e. The fourth-order valence-corrected chi connectivity index (χ4v) is 1.73. The number of nitrogens with zero attached hydrogens (tertiary/aromatic N) is 2. The zero-order chi connectivity index (χ0) is 13.8. The molecule has 2 N–H and O–H groups in total. The zero-order valence-electron chi connectivity index (χ0n) is 11.3. The third kappa shape index (κ3) is 3.15. The van der Waals surface area contributed by atoms with Crippen LogP contribution >= 0.6 is 0 Å². The number of rotatable bonds is 5. The molecule has 0 radical (unpaired) electrons. The van der Waals surface area contributed by atoms with E-state index in [4.69, 9.17) is 4.74 Å². The fraction of sp³-hybridized carbons (Fsp3) is 0.385. The van der Waals surface area contributed by atoms with Crippen LogP contribution in [0.2, 0.25) is 0 Å². The first-order valence-electron chi connectivity index (χ1n) is 6.16. The molecule has 0 aliphatic carbocycles. The first-order chi connectivity index (χ1) is 9.10. The highest BCUT2D eigenvalue weighted by Gasteiger charge is 2.07. The lowest BCUT2D eigenvalue weighted by Gasteiger charge is -2.06. The van der Waals surface area contributed by atoms with E-state index >= 15 is 0 Å². The highest BCUT2D eigenvalue weighted by molar-refractivity contribution is 5.48. The second kappa shape index (κ2) is 5.60. The van der Waals surface area contributed by atoms with Crippen molar-refractivity contribution in [3.8, 4) is 5.75 Å². The van der Waals surface area contributed by atoms with Crippen molar-refractivity contribution in [2.24, 2.45) is 0 Å². The van der Waals surface area contributed by atoms with Crippen molar-refractivity contribution >= 4 is 5.69 Å². The predicted octanol–water partition coefficient (Wildman–Crippen LogP) is 1.77. The normalized spacial score (nSPS) is 10.7. The fourth-order valence-electron chi connectivity index (χ4n) is 1.73. The monoisotopic (exact) mass is 262 g/mol. The maximum atomic E-state index is 11.6. The topological polar surface area (TPSA) is 71.9 Å². The second-order valence-corrected chi connectivity index (χ2v) is 4.50. The van der Waals surface area contributed by atoms with Crippen molar-refractivity contribution in [2.75, 3.05) is 12.4 Å². The summed E-state index contributed by atoms with van der Waals surface area (Å²) < 4.78 is 6.58. The number of hydrogen-bond acceptors (Lipinski definition) is 4. The van der Waals surface area contributed by atoms with Crippen molar-refractivity contribution in [3.63, 3.8) is 0 Å². The Morgan fingerprint density at radius 3 is 2.89 bits per heavy atom. The van der Waals surface area contributed by atoms with Crippen LogP contribution in [0, 0.1) is 0 Å². The van der Waals surface area contributed by atoms with Crippen molar-refractivity contribution in [1.82, 2.24) is 14.8 Å². The second-order valence-electron chi connectivity index (χ2n) is 4.50. The molecule has 0 fully saturated rings. The van der Waals surface area contributed by atoms with Gasteiger partial charge in [-0.3, -0.25) is 4.98 Å². The van der Waals surface area contributed by atoms with Gasteiger partial charge >= 0.3 is 5.69 Å². The van der Waals surface area contributed by atoms with Gasteiger partial charge in [0.05, 0.1) is 19.7 Å². The van der Waals surface area contributed by atoms with Gasteiger partial charge in [-0.1, -0.05) is 6.07 Å². The van der Waals surface area contributed by atoms with Crippen LogP contribution in [0.4, 0.5) is 5.69 Å². The van der Waals surface area contributed by atoms with E-state index in [0.717, 1.165) is 11.4 Å². The molecule has 1 heterocycles. The maximum absolute atomic E-state index is 11.6. The molecule has 6 nitrogen and oxygen atoms in total. The van der Waals surface area contributed by atoms with Crippen LogP contribution in [0.1, 0.15) is 25.7 Å². The van der Waals surface area contributed by atoms with Gasteiger partial charge < -0.3 is 10.1 Å². The highest BCUT2D eigenvalue weighted by atomic mass is 16.5. The summed E-state index contributed by atoms with van der Waals surface area (Å²) in [6, 6.07) is 7.64. The number of aromatic amines is 1. The van der Waals surface area contributed by atoms with E-state index in [-0.39, 0.29) is 11.7 Å². The molecular formula is C13H18N4O2. The quantitative estimate of drug-likeness (QED) is 0.861. The van der Waals surface area contributed by atoms with Crippen LogP contribution in [0.5, 0.6) is 5.75 Å². The van der Waals surface area contributed by atoms with Crippen LogP contribution in [0.15, 0.2) is 29.1 Å². The molecule has 2 rings (SSSR count). The average molecular weight is 262 g/mol. The molecule has 0 saturated heterocycles. The van der Waals surface area contributed by atoms with Crippen molar-refractivity contribution < 1.29 is 4.74 Å². The van der Waals surface area contributed by atoms with E-state index in [2.05, 4.69) is 15.4 Å². The Bertz CT molecular complexity index is 601. The molecule has 102 valence electrons.